The average Bonchev–Trinajstić information content (AvgIpc) is 2.73. The van der Waals surface area contributed by atoms with E-state index in [-0.39, 0.29) is 4.90 Å². The highest BCUT2D eigenvalue weighted by Gasteiger charge is 2.16. The van der Waals surface area contributed by atoms with Gasteiger partial charge in [-0.1, -0.05) is 12.1 Å². The van der Waals surface area contributed by atoms with E-state index < -0.39 is 10.0 Å². The molecule has 146 valence electrons. The molecule has 0 fully saturated rings. The number of methoxy groups -OCH3 is 3. The van der Waals surface area contributed by atoms with E-state index in [2.05, 4.69) is 4.72 Å². The van der Waals surface area contributed by atoms with E-state index in [4.69, 9.17) is 14.2 Å². The molecule has 6 nitrogen and oxygen atoms in total. The molecule has 0 radical (unpaired) electrons. The summed E-state index contributed by atoms with van der Waals surface area (Å²) in [5, 5.41) is 0. The number of benzene rings is 3. The summed E-state index contributed by atoms with van der Waals surface area (Å²) < 4.78 is 43.7. The van der Waals surface area contributed by atoms with Gasteiger partial charge in [0.25, 0.3) is 10.0 Å². The molecule has 0 aromatic heterocycles. The van der Waals surface area contributed by atoms with Crippen molar-refractivity contribution in [1.82, 2.24) is 0 Å². The smallest absolute Gasteiger partial charge is 0.261 e. The lowest BCUT2D eigenvalue weighted by molar-refractivity contribution is 0.414. The third-order valence-electron chi connectivity index (χ3n) is 4.22. The normalized spacial score (nSPS) is 11.0. The van der Waals surface area contributed by atoms with E-state index in [0.29, 0.717) is 17.2 Å². The summed E-state index contributed by atoms with van der Waals surface area (Å²) in [5.41, 5.74) is 2.07. The van der Waals surface area contributed by atoms with Crippen molar-refractivity contribution in [2.45, 2.75) is 4.90 Å². The molecule has 0 aliphatic carbocycles. The SMILES string of the molecule is COc1ccc(-c2cc(NS(=O)(=O)c3ccc(OC)cc3)ccc2OC)cc1. The summed E-state index contributed by atoms with van der Waals surface area (Å²) in [6, 6.07) is 18.8. The molecule has 1 N–H and O–H groups in total. The van der Waals surface area contributed by atoms with Crippen LogP contribution in [0.4, 0.5) is 5.69 Å². The Balaban J connectivity index is 1.93. The Morgan fingerprint density at radius 1 is 0.714 bits per heavy atom. The number of hydrogen-bond donors (Lipinski definition) is 1. The van der Waals surface area contributed by atoms with Gasteiger partial charge >= 0.3 is 0 Å². The molecule has 3 aromatic carbocycles. The van der Waals surface area contributed by atoms with Gasteiger partial charge in [-0.2, -0.15) is 0 Å². The fraction of sp³-hybridized carbons (Fsp3) is 0.143. The Hall–Kier alpha value is -3.19. The Bertz CT molecular complexity index is 1050. The molecule has 3 aromatic rings. The van der Waals surface area contributed by atoms with E-state index in [1.165, 1.54) is 19.2 Å². The van der Waals surface area contributed by atoms with E-state index in [0.717, 1.165) is 16.9 Å². The van der Waals surface area contributed by atoms with Crippen molar-refractivity contribution in [2.75, 3.05) is 26.1 Å². The van der Waals surface area contributed by atoms with Gasteiger partial charge in [-0.05, 0) is 60.2 Å². The molecule has 7 heteroatoms. The molecule has 0 atom stereocenters. The van der Waals surface area contributed by atoms with E-state index in [1.807, 2.05) is 24.3 Å². The van der Waals surface area contributed by atoms with Crippen LogP contribution in [0.15, 0.2) is 71.6 Å². The summed E-state index contributed by atoms with van der Waals surface area (Å²) in [5.74, 6) is 1.96. The summed E-state index contributed by atoms with van der Waals surface area (Å²) in [7, 11) is 0.968. The zero-order valence-electron chi connectivity index (χ0n) is 15.8. The molecule has 28 heavy (non-hydrogen) atoms. The van der Waals surface area contributed by atoms with Crippen LogP contribution in [0.25, 0.3) is 11.1 Å². The van der Waals surface area contributed by atoms with Gasteiger partial charge in [-0.3, -0.25) is 4.72 Å². The molecule has 0 spiro atoms. The minimum atomic E-state index is -3.73. The molecule has 0 bridgehead atoms. The van der Waals surface area contributed by atoms with E-state index in [1.54, 1.807) is 44.6 Å². The number of sulfonamides is 1. The van der Waals surface area contributed by atoms with Crippen LogP contribution in [-0.2, 0) is 10.0 Å². The first kappa shape index (κ1) is 19.6. The minimum Gasteiger partial charge on any atom is -0.497 e. The maximum Gasteiger partial charge on any atom is 0.261 e. The molecular formula is C21H21NO5S. The van der Waals surface area contributed by atoms with E-state index >= 15 is 0 Å². The predicted octanol–water partition coefficient (Wildman–Crippen LogP) is 4.18. The number of anilines is 1. The molecule has 0 amide bonds. The average molecular weight is 399 g/mol. The summed E-state index contributed by atoms with van der Waals surface area (Å²) in [4.78, 5) is 0.148. The molecule has 0 heterocycles. The third kappa shape index (κ3) is 4.20. The summed E-state index contributed by atoms with van der Waals surface area (Å²) in [6.45, 7) is 0. The molecule has 0 saturated heterocycles. The maximum absolute atomic E-state index is 12.7. The van der Waals surface area contributed by atoms with Crippen molar-refractivity contribution in [3.8, 4) is 28.4 Å². The lowest BCUT2D eigenvalue weighted by Crippen LogP contribution is -2.13. The van der Waals surface area contributed by atoms with Gasteiger partial charge in [-0.15, -0.1) is 0 Å². The molecule has 0 aliphatic heterocycles. The van der Waals surface area contributed by atoms with Crippen LogP contribution in [-0.4, -0.2) is 29.7 Å². The highest BCUT2D eigenvalue weighted by molar-refractivity contribution is 7.92. The van der Waals surface area contributed by atoms with Gasteiger partial charge in [0.15, 0.2) is 0 Å². The van der Waals surface area contributed by atoms with Gasteiger partial charge in [0, 0.05) is 11.3 Å². The number of nitrogens with one attached hydrogen (secondary N) is 1. The second-order valence-electron chi connectivity index (χ2n) is 5.92. The highest BCUT2D eigenvalue weighted by Crippen LogP contribution is 2.34. The largest absolute Gasteiger partial charge is 0.497 e. The Morgan fingerprint density at radius 3 is 1.82 bits per heavy atom. The lowest BCUT2D eigenvalue weighted by Gasteiger charge is -2.13. The van der Waals surface area contributed by atoms with Crippen molar-refractivity contribution in [1.29, 1.82) is 0 Å². The first-order chi connectivity index (χ1) is 13.5. The molecular weight excluding hydrogens is 378 g/mol. The van der Waals surface area contributed by atoms with Crippen molar-refractivity contribution < 1.29 is 22.6 Å². The van der Waals surface area contributed by atoms with Gasteiger partial charge in [0.1, 0.15) is 17.2 Å². The third-order valence-corrected chi connectivity index (χ3v) is 5.62. The van der Waals surface area contributed by atoms with Crippen molar-refractivity contribution >= 4 is 15.7 Å². The van der Waals surface area contributed by atoms with Crippen LogP contribution < -0.4 is 18.9 Å². The number of hydrogen-bond acceptors (Lipinski definition) is 5. The second-order valence-corrected chi connectivity index (χ2v) is 7.61. The first-order valence-electron chi connectivity index (χ1n) is 8.46. The van der Waals surface area contributed by atoms with Crippen molar-refractivity contribution in [3.05, 3.63) is 66.7 Å². The molecule has 0 saturated carbocycles. The molecule has 0 aliphatic rings. The Kier molecular flexibility index (Phi) is 5.75. The van der Waals surface area contributed by atoms with Gasteiger partial charge < -0.3 is 14.2 Å². The van der Waals surface area contributed by atoms with Crippen LogP contribution in [0.5, 0.6) is 17.2 Å². The Labute approximate surface area is 164 Å². The van der Waals surface area contributed by atoms with Gasteiger partial charge in [0.2, 0.25) is 0 Å². The highest BCUT2D eigenvalue weighted by atomic mass is 32.2. The quantitative estimate of drug-likeness (QED) is 0.645. The standard InChI is InChI=1S/C21H21NO5S/c1-25-17-7-4-15(5-8-17)20-14-16(6-13-21(20)27-3)22-28(23,24)19-11-9-18(26-2)10-12-19/h4-14,22H,1-3H3. The molecule has 3 rings (SSSR count). The Morgan fingerprint density at radius 2 is 1.29 bits per heavy atom. The molecule has 0 unspecified atom stereocenters. The van der Waals surface area contributed by atoms with Crippen molar-refractivity contribution in [3.63, 3.8) is 0 Å². The van der Waals surface area contributed by atoms with Crippen LogP contribution in [0.2, 0.25) is 0 Å². The number of ether oxygens (including phenoxy) is 3. The summed E-state index contributed by atoms with van der Waals surface area (Å²) >= 11 is 0. The minimum absolute atomic E-state index is 0.148. The zero-order chi connectivity index (χ0) is 20.1. The van der Waals surface area contributed by atoms with Gasteiger partial charge in [-0.25, -0.2) is 8.42 Å². The van der Waals surface area contributed by atoms with E-state index in [9.17, 15) is 8.42 Å². The fourth-order valence-corrected chi connectivity index (χ4v) is 3.79. The van der Waals surface area contributed by atoms with Crippen LogP contribution >= 0.6 is 0 Å². The lowest BCUT2D eigenvalue weighted by atomic mass is 10.0. The monoisotopic (exact) mass is 399 g/mol. The second kappa shape index (κ2) is 8.22. The predicted molar refractivity (Wildman–Crippen MR) is 109 cm³/mol. The maximum atomic E-state index is 12.7. The number of rotatable bonds is 7. The van der Waals surface area contributed by atoms with Crippen LogP contribution in [0, 0.1) is 0 Å². The van der Waals surface area contributed by atoms with Gasteiger partial charge in [0.05, 0.1) is 26.2 Å². The van der Waals surface area contributed by atoms with Crippen LogP contribution in [0.1, 0.15) is 0 Å². The zero-order valence-corrected chi connectivity index (χ0v) is 16.6. The first-order valence-corrected chi connectivity index (χ1v) is 9.94. The van der Waals surface area contributed by atoms with Crippen LogP contribution in [0.3, 0.4) is 0 Å². The summed E-state index contributed by atoms with van der Waals surface area (Å²) in [6.07, 6.45) is 0. The topological polar surface area (TPSA) is 73.9 Å². The fourth-order valence-electron chi connectivity index (χ4n) is 2.74. The van der Waals surface area contributed by atoms with Crippen molar-refractivity contribution in [2.24, 2.45) is 0 Å².